The van der Waals surface area contributed by atoms with Gasteiger partial charge in [-0.2, -0.15) is 0 Å². The van der Waals surface area contributed by atoms with Crippen LogP contribution in [0.15, 0.2) is 30.0 Å². The second kappa shape index (κ2) is 7.81. The van der Waals surface area contributed by atoms with Crippen molar-refractivity contribution in [2.75, 3.05) is 13.7 Å². The molecule has 0 saturated carbocycles. The molecule has 0 unspecified atom stereocenters. The zero-order valence-electron chi connectivity index (χ0n) is 15.9. The summed E-state index contributed by atoms with van der Waals surface area (Å²) >= 11 is 0. The van der Waals surface area contributed by atoms with E-state index < -0.39 is 30.4 Å². The van der Waals surface area contributed by atoms with Gasteiger partial charge in [-0.1, -0.05) is 12.1 Å². The van der Waals surface area contributed by atoms with Crippen LogP contribution in [0.25, 0.3) is 5.57 Å². The van der Waals surface area contributed by atoms with Crippen molar-refractivity contribution in [3.63, 3.8) is 0 Å². The third kappa shape index (κ3) is 5.24. The maximum atomic E-state index is 15.2. The number of benzene rings is 1. The van der Waals surface area contributed by atoms with E-state index in [1.807, 2.05) is 0 Å². The second-order valence-electron chi connectivity index (χ2n) is 7.23. The standard InChI is InChI=1S/C18H23BF4O4/c1-16(2)17(3,4)27-19(26-16)15(20)14(10-11-24-5)12-6-8-13(9-7-12)25-18(21,22)23/h6-9H,10-11H2,1-5H3. The number of methoxy groups -OCH3 is 1. The summed E-state index contributed by atoms with van der Waals surface area (Å²) in [6.07, 6.45) is -4.59. The smallest absolute Gasteiger partial charge is 0.406 e. The van der Waals surface area contributed by atoms with Crippen molar-refractivity contribution >= 4 is 12.7 Å². The number of hydrogen-bond donors (Lipinski definition) is 0. The van der Waals surface area contributed by atoms with Crippen LogP contribution in [0.4, 0.5) is 17.6 Å². The van der Waals surface area contributed by atoms with Gasteiger partial charge in [-0.05, 0) is 57.4 Å². The summed E-state index contributed by atoms with van der Waals surface area (Å²) in [6, 6.07) is 4.98. The molecule has 1 fully saturated rings. The summed E-state index contributed by atoms with van der Waals surface area (Å²) in [7, 11) is 0.276. The third-order valence-electron chi connectivity index (χ3n) is 4.74. The number of alkyl halides is 3. The van der Waals surface area contributed by atoms with Crippen LogP contribution in [0, 0.1) is 0 Å². The van der Waals surface area contributed by atoms with Gasteiger partial charge in [0.15, 0.2) is 0 Å². The van der Waals surface area contributed by atoms with Crippen molar-refractivity contribution in [3.05, 3.63) is 35.6 Å². The van der Waals surface area contributed by atoms with Gasteiger partial charge in [0.25, 0.3) is 0 Å². The predicted molar refractivity (Wildman–Crippen MR) is 93.7 cm³/mol. The molecule has 1 saturated heterocycles. The molecule has 150 valence electrons. The highest BCUT2D eigenvalue weighted by molar-refractivity contribution is 6.55. The summed E-state index contributed by atoms with van der Waals surface area (Å²) in [5, 5.41) is 0. The van der Waals surface area contributed by atoms with Crippen molar-refractivity contribution in [2.45, 2.75) is 51.7 Å². The van der Waals surface area contributed by atoms with Crippen LogP contribution in [-0.4, -0.2) is 38.4 Å². The molecule has 9 heteroatoms. The molecule has 1 aliphatic heterocycles. The highest BCUT2D eigenvalue weighted by atomic mass is 19.4. The van der Waals surface area contributed by atoms with Gasteiger partial charge in [0.2, 0.25) is 0 Å². The highest BCUT2D eigenvalue weighted by Gasteiger charge is 2.53. The maximum Gasteiger partial charge on any atom is 0.573 e. The van der Waals surface area contributed by atoms with E-state index in [1.54, 1.807) is 27.7 Å². The molecular weight excluding hydrogens is 367 g/mol. The monoisotopic (exact) mass is 390 g/mol. The van der Waals surface area contributed by atoms with E-state index >= 15 is 4.39 Å². The number of rotatable bonds is 6. The first-order valence-electron chi connectivity index (χ1n) is 8.45. The van der Waals surface area contributed by atoms with E-state index in [9.17, 15) is 13.2 Å². The molecule has 0 amide bonds. The van der Waals surface area contributed by atoms with E-state index in [0.29, 0.717) is 5.56 Å². The lowest BCUT2D eigenvalue weighted by atomic mass is 9.82. The number of halogens is 4. The summed E-state index contributed by atoms with van der Waals surface area (Å²) < 4.78 is 72.4. The van der Waals surface area contributed by atoms with E-state index in [0.717, 1.165) is 12.1 Å². The molecular formula is C18H23BF4O4. The van der Waals surface area contributed by atoms with Crippen LogP contribution in [0.5, 0.6) is 5.75 Å². The van der Waals surface area contributed by atoms with Gasteiger partial charge in [-0.15, -0.1) is 13.2 Å². The lowest BCUT2D eigenvalue weighted by Gasteiger charge is -2.32. The Morgan fingerprint density at radius 3 is 2.00 bits per heavy atom. The average molecular weight is 390 g/mol. The average Bonchev–Trinajstić information content (AvgIpc) is 2.75. The molecule has 0 atom stereocenters. The van der Waals surface area contributed by atoms with Crippen LogP contribution < -0.4 is 4.74 Å². The zero-order chi connectivity index (χ0) is 20.5. The Balaban J connectivity index is 2.33. The second-order valence-corrected chi connectivity index (χ2v) is 7.23. The fourth-order valence-corrected chi connectivity index (χ4v) is 2.55. The van der Waals surface area contributed by atoms with Gasteiger partial charge in [0, 0.05) is 7.11 Å². The molecule has 1 aromatic carbocycles. The Labute approximate surface area is 156 Å². The normalized spacial score (nSPS) is 19.8. The first kappa shape index (κ1) is 21.7. The van der Waals surface area contributed by atoms with Crippen LogP contribution >= 0.6 is 0 Å². The molecule has 0 radical (unpaired) electrons. The molecule has 0 N–H and O–H groups in total. The largest absolute Gasteiger partial charge is 0.573 e. The van der Waals surface area contributed by atoms with Gasteiger partial charge in [-0.25, -0.2) is 4.39 Å². The predicted octanol–water partition coefficient (Wildman–Crippen LogP) is 4.93. The minimum absolute atomic E-state index is 0.200. The summed E-state index contributed by atoms with van der Waals surface area (Å²) in [5.41, 5.74) is -1.42. The van der Waals surface area contributed by atoms with Crippen LogP contribution in [0.2, 0.25) is 0 Å². The molecule has 0 aliphatic carbocycles. The SMILES string of the molecule is COCCC(=C(F)B1OC(C)(C)C(C)(C)O1)c1ccc(OC(F)(F)F)cc1. The lowest BCUT2D eigenvalue weighted by Crippen LogP contribution is -2.41. The molecule has 1 heterocycles. The molecule has 0 bridgehead atoms. The molecule has 2 rings (SSSR count). The van der Waals surface area contributed by atoms with Crippen LogP contribution in [-0.2, 0) is 14.0 Å². The summed E-state index contributed by atoms with van der Waals surface area (Å²) in [4.78, 5) is 0. The Morgan fingerprint density at radius 1 is 1.04 bits per heavy atom. The van der Waals surface area contributed by atoms with Gasteiger partial charge < -0.3 is 18.8 Å². The highest BCUT2D eigenvalue weighted by Crippen LogP contribution is 2.40. The maximum absolute atomic E-state index is 15.2. The van der Waals surface area contributed by atoms with Crippen molar-refractivity contribution < 1.29 is 36.3 Å². The summed E-state index contributed by atoms with van der Waals surface area (Å²) in [5.74, 6) is -0.381. The molecule has 1 aliphatic rings. The Bertz CT molecular complexity index is 668. The summed E-state index contributed by atoms with van der Waals surface area (Å²) in [6.45, 7) is 7.44. The molecule has 0 spiro atoms. The van der Waals surface area contributed by atoms with Crippen molar-refractivity contribution in [2.24, 2.45) is 0 Å². The first-order chi connectivity index (χ1) is 12.4. The van der Waals surface area contributed by atoms with Crippen molar-refractivity contribution in [1.82, 2.24) is 0 Å². The van der Waals surface area contributed by atoms with Crippen molar-refractivity contribution in [3.8, 4) is 5.75 Å². The van der Waals surface area contributed by atoms with Gasteiger partial charge in [-0.3, -0.25) is 0 Å². The minimum Gasteiger partial charge on any atom is -0.406 e. The van der Waals surface area contributed by atoms with Gasteiger partial charge >= 0.3 is 13.5 Å². The third-order valence-corrected chi connectivity index (χ3v) is 4.74. The Morgan fingerprint density at radius 2 is 1.56 bits per heavy atom. The zero-order valence-corrected chi connectivity index (χ0v) is 15.9. The van der Waals surface area contributed by atoms with Crippen molar-refractivity contribution in [1.29, 1.82) is 0 Å². The Kier molecular flexibility index (Phi) is 6.28. The first-order valence-corrected chi connectivity index (χ1v) is 8.45. The van der Waals surface area contributed by atoms with Gasteiger partial charge in [0.05, 0.1) is 17.8 Å². The molecule has 0 aromatic heterocycles. The van der Waals surface area contributed by atoms with E-state index in [4.69, 9.17) is 14.0 Å². The molecule has 1 aromatic rings. The fourth-order valence-electron chi connectivity index (χ4n) is 2.55. The van der Waals surface area contributed by atoms with Gasteiger partial charge in [0.1, 0.15) is 11.5 Å². The topological polar surface area (TPSA) is 36.9 Å². The van der Waals surface area contributed by atoms with Crippen LogP contribution in [0.3, 0.4) is 0 Å². The van der Waals surface area contributed by atoms with E-state index in [1.165, 1.54) is 19.2 Å². The molecule has 4 nitrogen and oxygen atoms in total. The quantitative estimate of drug-likeness (QED) is 0.510. The fraction of sp³-hybridized carbons (Fsp3) is 0.556. The molecule has 27 heavy (non-hydrogen) atoms. The number of hydrogen-bond acceptors (Lipinski definition) is 4. The van der Waals surface area contributed by atoms with E-state index in [2.05, 4.69) is 4.74 Å². The van der Waals surface area contributed by atoms with E-state index in [-0.39, 0.29) is 24.4 Å². The number of ether oxygens (including phenoxy) is 2. The van der Waals surface area contributed by atoms with Crippen LogP contribution in [0.1, 0.15) is 39.7 Å². The lowest BCUT2D eigenvalue weighted by molar-refractivity contribution is -0.274. The Hall–Kier alpha value is -1.58. The minimum atomic E-state index is -4.79.